The summed E-state index contributed by atoms with van der Waals surface area (Å²) in [6.07, 6.45) is 5.06. The fourth-order valence-corrected chi connectivity index (χ4v) is 2.83. The molecule has 1 saturated carbocycles. The zero-order valence-corrected chi connectivity index (χ0v) is 11.8. The maximum atomic E-state index is 13.6. The van der Waals surface area contributed by atoms with Crippen molar-refractivity contribution >= 4 is 11.7 Å². The van der Waals surface area contributed by atoms with Crippen molar-refractivity contribution in [1.82, 2.24) is 5.32 Å². The van der Waals surface area contributed by atoms with E-state index in [2.05, 4.69) is 10.5 Å². The second-order valence-electron chi connectivity index (χ2n) is 5.35. The van der Waals surface area contributed by atoms with Gasteiger partial charge < -0.3 is 16.3 Å². The third kappa shape index (κ3) is 3.71. The lowest BCUT2D eigenvalue weighted by atomic mass is 9.83. The molecular formula is C15H20FN3O2. The molecule has 1 fully saturated rings. The van der Waals surface area contributed by atoms with Crippen LogP contribution in [0.3, 0.4) is 0 Å². The number of nitrogens with two attached hydrogens (primary N) is 1. The Balaban J connectivity index is 2.15. The molecule has 2 rings (SSSR count). The minimum Gasteiger partial charge on any atom is -0.409 e. The van der Waals surface area contributed by atoms with Gasteiger partial charge in [-0.1, -0.05) is 36.6 Å². The van der Waals surface area contributed by atoms with Crippen molar-refractivity contribution in [3.8, 4) is 0 Å². The number of benzene rings is 1. The highest BCUT2D eigenvalue weighted by Crippen LogP contribution is 2.27. The zero-order chi connectivity index (χ0) is 15.2. The van der Waals surface area contributed by atoms with Crippen LogP contribution in [0.1, 0.15) is 42.5 Å². The summed E-state index contributed by atoms with van der Waals surface area (Å²) in [6, 6.07) is 5.19. The number of hydrogen-bond acceptors (Lipinski definition) is 3. The normalized spacial score (nSPS) is 18.2. The molecular weight excluding hydrogens is 273 g/mol. The molecule has 6 heteroatoms. The number of carbonyl (C=O) groups is 1. The van der Waals surface area contributed by atoms with E-state index < -0.39 is 17.8 Å². The standard InChI is InChI=1S/C15H20FN3O2/c16-12-9-5-4-8-11(12)15(20)18-13(14(17)19-21)10-6-2-1-3-7-10/h4-5,8-10,13,21H,1-3,6-7H2,(H2,17,19)(H,18,20). The summed E-state index contributed by atoms with van der Waals surface area (Å²) in [5, 5.41) is 14.6. The molecule has 1 aliphatic rings. The summed E-state index contributed by atoms with van der Waals surface area (Å²) >= 11 is 0. The average Bonchev–Trinajstić information content (AvgIpc) is 2.53. The number of nitrogens with one attached hydrogen (secondary N) is 1. The van der Waals surface area contributed by atoms with Gasteiger partial charge in [0.15, 0.2) is 5.84 Å². The lowest BCUT2D eigenvalue weighted by molar-refractivity contribution is 0.0926. The van der Waals surface area contributed by atoms with E-state index in [-0.39, 0.29) is 17.3 Å². The Labute approximate surface area is 123 Å². The summed E-state index contributed by atoms with van der Waals surface area (Å²) in [5.41, 5.74) is 5.67. The lowest BCUT2D eigenvalue weighted by Gasteiger charge is -2.30. The lowest BCUT2D eigenvalue weighted by Crippen LogP contribution is -2.49. The van der Waals surface area contributed by atoms with Gasteiger partial charge in [0.25, 0.3) is 5.91 Å². The van der Waals surface area contributed by atoms with E-state index in [1.54, 1.807) is 6.07 Å². The van der Waals surface area contributed by atoms with Gasteiger partial charge in [-0.3, -0.25) is 4.79 Å². The van der Waals surface area contributed by atoms with E-state index >= 15 is 0 Å². The van der Waals surface area contributed by atoms with Gasteiger partial charge in [0.2, 0.25) is 0 Å². The first-order valence-electron chi connectivity index (χ1n) is 7.16. The Morgan fingerprint density at radius 2 is 2.00 bits per heavy atom. The smallest absolute Gasteiger partial charge is 0.254 e. The number of hydrogen-bond donors (Lipinski definition) is 3. The number of oxime groups is 1. The number of carbonyl (C=O) groups excluding carboxylic acids is 1. The van der Waals surface area contributed by atoms with Crippen LogP contribution < -0.4 is 11.1 Å². The molecule has 1 amide bonds. The topological polar surface area (TPSA) is 87.7 Å². The Hall–Kier alpha value is -2.11. The van der Waals surface area contributed by atoms with Crippen molar-refractivity contribution in [2.75, 3.05) is 0 Å². The Kier molecular flexibility index (Phi) is 5.14. The molecule has 1 aromatic rings. The predicted octanol–water partition coefficient (Wildman–Crippen LogP) is 2.25. The number of halogens is 1. The maximum Gasteiger partial charge on any atom is 0.254 e. The second-order valence-corrected chi connectivity index (χ2v) is 5.35. The molecule has 114 valence electrons. The van der Waals surface area contributed by atoms with E-state index in [0.717, 1.165) is 32.1 Å². The van der Waals surface area contributed by atoms with Crippen LogP contribution in [0.4, 0.5) is 4.39 Å². The van der Waals surface area contributed by atoms with Gasteiger partial charge in [0.05, 0.1) is 11.6 Å². The molecule has 0 aromatic heterocycles. The van der Waals surface area contributed by atoms with Gasteiger partial charge in [-0.2, -0.15) is 0 Å². The van der Waals surface area contributed by atoms with E-state index in [0.29, 0.717) is 0 Å². The van der Waals surface area contributed by atoms with Crippen LogP contribution in [0.2, 0.25) is 0 Å². The quantitative estimate of drug-likeness (QED) is 0.344. The number of amides is 1. The molecule has 5 nitrogen and oxygen atoms in total. The predicted molar refractivity (Wildman–Crippen MR) is 77.6 cm³/mol. The van der Waals surface area contributed by atoms with Crippen molar-refractivity contribution in [3.05, 3.63) is 35.6 Å². The summed E-state index contributed by atoms with van der Waals surface area (Å²) in [5.74, 6) is -1.05. The van der Waals surface area contributed by atoms with Crippen LogP contribution in [-0.2, 0) is 0 Å². The van der Waals surface area contributed by atoms with Gasteiger partial charge in [0, 0.05) is 0 Å². The van der Waals surface area contributed by atoms with Gasteiger partial charge >= 0.3 is 0 Å². The van der Waals surface area contributed by atoms with Gasteiger partial charge in [-0.15, -0.1) is 0 Å². The van der Waals surface area contributed by atoms with Crippen molar-refractivity contribution in [3.63, 3.8) is 0 Å². The van der Waals surface area contributed by atoms with E-state index in [4.69, 9.17) is 10.9 Å². The van der Waals surface area contributed by atoms with Gasteiger partial charge in [0.1, 0.15) is 5.82 Å². The van der Waals surface area contributed by atoms with E-state index in [1.807, 2.05) is 0 Å². The van der Waals surface area contributed by atoms with Crippen molar-refractivity contribution < 1.29 is 14.4 Å². The molecule has 0 bridgehead atoms. The van der Waals surface area contributed by atoms with Crippen LogP contribution in [0, 0.1) is 11.7 Å². The first-order valence-corrected chi connectivity index (χ1v) is 7.16. The molecule has 1 unspecified atom stereocenters. The van der Waals surface area contributed by atoms with Crippen molar-refractivity contribution in [1.29, 1.82) is 0 Å². The van der Waals surface area contributed by atoms with E-state index in [9.17, 15) is 9.18 Å². The summed E-state index contributed by atoms with van der Waals surface area (Å²) in [4.78, 5) is 12.2. The first kappa shape index (κ1) is 15.3. The van der Waals surface area contributed by atoms with Gasteiger partial charge in [-0.25, -0.2) is 4.39 Å². The summed E-state index contributed by atoms with van der Waals surface area (Å²) in [6.45, 7) is 0. The monoisotopic (exact) mass is 293 g/mol. The summed E-state index contributed by atoms with van der Waals surface area (Å²) < 4.78 is 13.6. The SMILES string of the molecule is N/C(=N\O)C(NC(=O)c1ccccc1F)C1CCCCC1. The van der Waals surface area contributed by atoms with E-state index in [1.165, 1.54) is 18.2 Å². The molecule has 21 heavy (non-hydrogen) atoms. The molecule has 0 heterocycles. The fourth-order valence-electron chi connectivity index (χ4n) is 2.83. The van der Waals surface area contributed by atoms with Crippen LogP contribution in [0.15, 0.2) is 29.4 Å². The highest BCUT2D eigenvalue weighted by molar-refractivity contribution is 5.98. The average molecular weight is 293 g/mol. The van der Waals surface area contributed by atoms with Crippen LogP contribution >= 0.6 is 0 Å². The second kappa shape index (κ2) is 7.06. The molecule has 4 N–H and O–H groups in total. The summed E-state index contributed by atoms with van der Waals surface area (Å²) in [7, 11) is 0. The van der Waals surface area contributed by atoms with Crippen LogP contribution in [0.25, 0.3) is 0 Å². The third-order valence-electron chi connectivity index (χ3n) is 3.96. The highest BCUT2D eigenvalue weighted by atomic mass is 19.1. The number of rotatable bonds is 4. The molecule has 0 saturated heterocycles. The molecule has 1 aliphatic carbocycles. The van der Waals surface area contributed by atoms with Crippen molar-refractivity contribution in [2.45, 2.75) is 38.1 Å². The molecule has 1 aromatic carbocycles. The van der Waals surface area contributed by atoms with Crippen molar-refractivity contribution in [2.24, 2.45) is 16.8 Å². The molecule has 1 atom stereocenters. The molecule has 0 aliphatic heterocycles. The Morgan fingerprint density at radius 3 is 2.62 bits per heavy atom. The molecule has 0 radical (unpaired) electrons. The van der Waals surface area contributed by atoms with Gasteiger partial charge in [-0.05, 0) is 30.9 Å². The largest absolute Gasteiger partial charge is 0.409 e. The number of amidine groups is 1. The zero-order valence-electron chi connectivity index (χ0n) is 11.8. The number of nitrogens with zero attached hydrogens (tertiary/aromatic N) is 1. The maximum absolute atomic E-state index is 13.6. The fraction of sp³-hybridized carbons (Fsp3) is 0.467. The van der Waals surface area contributed by atoms with Crippen LogP contribution in [0.5, 0.6) is 0 Å². The molecule has 0 spiro atoms. The Morgan fingerprint density at radius 1 is 1.33 bits per heavy atom. The van der Waals surface area contributed by atoms with Crippen LogP contribution in [-0.4, -0.2) is 23.0 Å². The minimum absolute atomic E-state index is 0.0356. The highest BCUT2D eigenvalue weighted by Gasteiger charge is 2.29. The minimum atomic E-state index is -0.586. The third-order valence-corrected chi connectivity index (χ3v) is 3.96. The Bertz CT molecular complexity index is 527. The first-order chi connectivity index (χ1) is 10.1.